The van der Waals surface area contributed by atoms with Gasteiger partial charge in [0.1, 0.15) is 0 Å². The summed E-state index contributed by atoms with van der Waals surface area (Å²) in [5.41, 5.74) is 1.23. The molecule has 0 fully saturated rings. The number of hydrogen-bond donors (Lipinski definition) is 1. The van der Waals surface area contributed by atoms with E-state index in [0.29, 0.717) is 0 Å². The van der Waals surface area contributed by atoms with E-state index >= 15 is 0 Å². The molecule has 0 spiro atoms. The molecule has 0 atom stereocenters. The maximum atomic E-state index is 4.95. The molecule has 0 aliphatic carbocycles. The van der Waals surface area contributed by atoms with Gasteiger partial charge in [0.05, 0.1) is 0 Å². The molecule has 0 aliphatic rings. The third-order valence-corrected chi connectivity index (χ3v) is 2.31. The molecule has 1 aromatic rings. The van der Waals surface area contributed by atoms with Gasteiger partial charge in [-0.3, -0.25) is 0 Å². The van der Waals surface area contributed by atoms with E-state index in [1.165, 1.54) is 12.1 Å². The van der Waals surface area contributed by atoms with Crippen molar-refractivity contribution in [3.63, 3.8) is 0 Å². The van der Waals surface area contributed by atoms with Crippen LogP contribution >= 0.6 is 11.3 Å². The molecule has 1 rings (SSSR count). The summed E-state index contributed by atoms with van der Waals surface area (Å²) in [5, 5.41) is 7.54. The predicted molar refractivity (Wildman–Crippen MR) is 53.9 cm³/mol. The third kappa shape index (κ3) is 3.74. The predicted octanol–water partition coefficient (Wildman–Crippen LogP) is 2.59. The van der Waals surface area contributed by atoms with E-state index in [1.807, 2.05) is 0 Å². The van der Waals surface area contributed by atoms with Crippen molar-refractivity contribution in [1.29, 1.82) is 0 Å². The quantitative estimate of drug-likeness (QED) is 0.688. The second kappa shape index (κ2) is 6.03. The van der Waals surface area contributed by atoms with Crippen molar-refractivity contribution < 1.29 is 4.74 Å². The van der Waals surface area contributed by atoms with Gasteiger partial charge in [-0.25, -0.2) is 0 Å². The van der Waals surface area contributed by atoms with Gasteiger partial charge in [0.15, 0.2) is 0 Å². The molecular weight excluding hydrogens is 170 g/mol. The van der Waals surface area contributed by atoms with Crippen LogP contribution in [0, 0.1) is 0 Å². The van der Waals surface area contributed by atoms with Gasteiger partial charge in [-0.2, -0.15) is 11.3 Å². The number of nitrogens with one attached hydrogen (secondary N) is 1. The summed E-state index contributed by atoms with van der Waals surface area (Å²) in [7, 11) is 1.74. The highest BCUT2D eigenvalue weighted by molar-refractivity contribution is 7.08. The lowest BCUT2D eigenvalue weighted by atomic mass is 10.3. The van der Waals surface area contributed by atoms with Crippen molar-refractivity contribution in [2.24, 2.45) is 0 Å². The van der Waals surface area contributed by atoms with Crippen molar-refractivity contribution in [1.82, 2.24) is 0 Å². The summed E-state index contributed by atoms with van der Waals surface area (Å²) in [6.07, 6.45) is 2.30. The van der Waals surface area contributed by atoms with Crippen LogP contribution in [-0.4, -0.2) is 20.3 Å². The molecule has 0 bridgehead atoms. The molecule has 2 nitrogen and oxygen atoms in total. The van der Waals surface area contributed by atoms with E-state index in [2.05, 4.69) is 22.1 Å². The molecule has 3 heteroatoms. The summed E-state index contributed by atoms with van der Waals surface area (Å²) < 4.78 is 4.95. The third-order valence-electron chi connectivity index (χ3n) is 1.63. The average Bonchev–Trinajstić information content (AvgIpc) is 2.57. The summed E-state index contributed by atoms with van der Waals surface area (Å²) >= 11 is 1.72. The van der Waals surface area contributed by atoms with E-state index in [-0.39, 0.29) is 0 Å². The molecule has 0 aromatic carbocycles. The van der Waals surface area contributed by atoms with Crippen LogP contribution in [0.3, 0.4) is 0 Å². The first-order chi connectivity index (χ1) is 5.93. The molecule has 1 aromatic heterocycles. The minimum Gasteiger partial charge on any atom is -0.385 e. The number of unbranched alkanes of at least 4 members (excludes halogenated alkanes) is 1. The van der Waals surface area contributed by atoms with Crippen LogP contribution in [0.4, 0.5) is 5.69 Å². The Morgan fingerprint density at radius 1 is 1.50 bits per heavy atom. The summed E-state index contributed by atoms with van der Waals surface area (Å²) in [4.78, 5) is 0. The zero-order chi connectivity index (χ0) is 8.65. The van der Waals surface area contributed by atoms with Gasteiger partial charge >= 0.3 is 0 Å². The van der Waals surface area contributed by atoms with Crippen LogP contribution in [0.5, 0.6) is 0 Å². The van der Waals surface area contributed by atoms with E-state index in [1.54, 1.807) is 18.4 Å². The summed E-state index contributed by atoms with van der Waals surface area (Å²) in [6, 6.07) is 2.10. The number of rotatable bonds is 6. The number of ether oxygens (including phenoxy) is 1. The number of hydrogen-bond acceptors (Lipinski definition) is 3. The van der Waals surface area contributed by atoms with Gasteiger partial charge < -0.3 is 10.1 Å². The van der Waals surface area contributed by atoms with Crippen LogP contribution in [0.25, 0.3) is 0 Å². The summed E-state index contributed by atoms with van der Waals surface area (Å²) in [5.74, 6) is 0. The Morgan fingerprint density at radius 3 is 3.08 bits per heavy atom. The largest absolute Gasteiger partial charge is 0.385 e. The fraction of sp³-hybridized carbons (Fsp3) is 0.556. The standard InChI is InChI=1S/C9H15NOS/c1-11-6-3-2-5-10-9-4-7-12-8-9/h4,7-8,10H,2-3,5-6H2,1H3. The Labute approximate surface area is 77.6 Å². The maximum Gasteiger partial charge on any atom is 0.0462 e. The van der Waals surface area contributed by atoms with Crippen molar-refractivity contribution in [3.05, 3.63) is 16.8 Å². The second-order valence-corrected chi connectivity index (χ2v) is 3.42. The van der Waals surface area contributed by atoms with Crippen LogP contribution in [0.15, 0.2) is 16.8 Å². The van der Waals surface area contributed by atoms with Crippen molar-refractivity contribution in [3.8, 4) is 0 Å². The summed E-state index contributed by atoms with van der Waals surface area (Å²) in [6.45, 7) is 1.91. The monoisotopic (exact) mass is 185 g/mol. The van der Waals surface area contributed by atoms with Crippen LogP contribution < -0.4 is 5.32 Å². The van der Waals surface area contributed by atoms with Gasteiger partial charge in [0.2, 0.25) is 0 Å². The zero-order valence-electron chi connectivity index (χ0n) is 7.38. The molecule has 1 heterocycles. The van der Waals surface area contributed by atoms with Crippen LogP contribution in [0.2, 0.25) is 0 Å². The van der Waals surface area contributed by atoms with Crippen molar-refractivity contribution >= 4 is 17.0 Å². The molecule has 0 saturated heterocycles. The molecule has 0 saturated carbocycles. The topological polar surface area (TPSA) is 21.3 Å². The minimum absolute atomic E-state index is 0.866. The van der Waals surface area contributed by atoms with Gasteiger partial charge in [-0.05, 0) is 24.3 Å². The second-order valence-electron chi connectivity index (χ2n) is 2.64. The normalized spacial score (nSPS) is 10.1. The Bertz CT molecular complexity index is 186. The van der Waals surface area contributed by atoms with Crippen molar-refractivity contribution in [2.45, 2.75) is 12.8 Å². The highest BCUT2D eigenvalue weighted by Gasteiger charge is 1.90. The Balaban J connectivity index is 1.96. The molecule has 1 N–H and O–H groups in total. The van der Waals surface area contributed by atoms with E-state index < -0.39 is 0 Å². The average molecular weight is 185 g/mol. The maximum absolute atomic E-state index is 4.95. The molecular formula is C9H15NOS. The Hall–Kier alpha value is -0.540. The molecule has 0 unspecified atom stereocenters. The highest BCUT2D eigenvalue weighted by atomic mass is 32.1. The molecule has 12 heavy (non-hydrogen) atoms. The smallest absolute Gasteiger partial charge is 0.0462 e. The van der Waals surface area contributed by atoms with Gasteiger partial charge in [0, 0.05) is 31.3 Å². The number of thiophene rings is 1. The highest BCUT2D eigenvalue weighted by Crippen LogP contribution is 2.11. The lowest BCUT2D eigenvalue weighted by molar-refractivity contribution is 0.194. The molecule has 0 aliphatic heterocycles. The first-order valence-electron chi connectivity index (χ1n) is 4.18. The minimum atomic E-state index is 0.866. The first kappa shape index (κ1) is 9.55. The molecule has 0 radical (unpaired) electrons. The van der Waals surface area contributed by atoms with Crippen LogP contribution in [-0.2, 0) is 4.74 Å². The Morgan fingerprint density at radius 2 is 2.42 bits per heavy atom. The fourth-order valence-electron chi connectivity index (χ4n) is 0.969. The Kier molecular flexibility index (Phi) is 4.80. The van der Waals surface area contributed by atoms with E-state index in [0.717, 1.165) is 19.6 Å². The number of anilines is 1. The number of methoxy groups -OCH3 is 1. The van der Waals surface area contributed by atoms with Crippen LogP contribution in [0.1, 0.15) is 12.8 Å². The van der Waals surface area contributed by atoms with Crippen molar-refractivity contribution in [2.75, 3.05) is 25.6 Å². The first-order valence-corrected chi connectivity index (χ1v) is 5.13. The van der Waals surface area contributed by atoms with Gasteiger partial charge in [0.25, 0.3) is 0 Å². The molecule has 0 amide bonds. The lowest BCUT2D eigenvalue weighted by Crippen LogP contribution is -2.01. The zero-order valence-corrected chi connectivity index (χ0v) is 8.19. The lowest BCUT2D eigenvalue weighted by Gasteiger charge is -2.02. The fourth-order valence-corrected chi connectivity index (χ4v) is 1.58. The van der Waals surface area contributed by atoms with Gasteiger partial charge in [-0.1, -0.05) is 0 Å². The van der Waals surface area contributed by atoms with Gasteiger partial charge in [-0.15, -0.1) is 0 Å². The van der Waals surface area contributed by atoms with E-state index in [4.69, 9.17) is 4.74 Å². The van der Waals surface area contributed by atoms with E-state index in [9.17, 15) is 0 Å². The molecule has 68 valence electrons. The SMILES string of the molecule is COCCCCNc1ccsc1.